The molecule has 0 fully saturated rings. The summed E-state index contributed by atoms with van der Waals surface area (Å²) >= 11 is 0. The Morgan fingerprint density at radius 3 is 2.47 bits per heavy atom. The zero-order valence-corrected chi connectivity index (χ0v) is 20.2. The summed E-state index contributed by atoms with van der Waals surface area (Å²) in [6.45, 7) is 12.9. The number of fused-ring (bicyclic) bond motifs is 1. The van der Waals surface area contributed by atoms with E-state index >= 15 is 0 Å². The lowest BCUT2D eigenvalue weighted by Crippen LogP contribution is -2.48. The second kappa shape index (κ2) is 10.7. The van der Waals surface area contributed by atoms with Crippen LogP contribution >= 0.6 is 0 Å². The highest BCUT2D eigenvalue weighted by Gasteiger charge is 2.30. The van der Waals surface area contributed by atoms with Crippen molar-refractivity contribution in [1.29, 1.82) is 0 Å². The van der Waals surface area contributed by atoms with Crippen LogP contribution in [0.1, 0.15) is 71.9 Å². The molecule has 7 nitrogen and oxygen atoms in total. The van der Waals surface area contributed by atoms with Crippen molar-refractivity contribution in [2.45, 2.75) is 85.8 Å². The van der Waals surface area contributed by atoms with Gasteiger partial charge in [0.1, 0.15) is 23.0 Å². The van der Waals surface area contributed by atoms with Crippen LogP contribution in [0.4, 0.5) is 4.79 Å². The summed E-state index contributed by atoms with van der Waals surface area (Å²) in [5.74, 6) is -0.482. The highest BCUT2D eigenvalue weighted by Crippen LogP contribution is 2.29. The Kier molecular flexibility index (Phi) is 8.47. The summed E-state index contributed by atoms with van der Waals surface area (Å²) in [7, 11) is 0. The third kappa shape index (κ3) is 6.58. The van der Waals surface area contributed by atoms with Crippen LogP contribution in [0, 0.1) is 12.8 Å². The number of aryl methyl sites for hydroxylation is 2. The molecule has 0 spiro atoms. The summed E-state index contributed by atoms with van der Waals surface area (Å²) in [6.07, 6.45) is 2.72. The zero-order chi connectivity index (χ0) is 24.1. The summed E-state index contributed by atoms with van der Waals surface area (Å²) < 4.78 is 16.4. The second-order valence-electron chi connectivity index (χ2n) is 9.19. The molecule has 1 aromatic heterocycles. The van der Waals surface area contributed by atoms with Crippen LogP contribution in [-0.4, -0.2) is 23.7 Å². The first kappa shape index (κ1) is 25.4. The van der Waals surface area contributed by atoms with Crippen LogP contribution in [-0.2, 0) is 16.0 Å². The van der Waals surface area contributed by atoms with E-state index in [1.54, 1.807) is 39.8 Å². The molecule has 0 bridgehead atoms. The normalized spacial score (nSPS) is 13.5. The molecule has 176 valence electrons. The van der Waals surface area contributed by atoms with Gasteiger partial charge in [0.05, 0.1) is 0 Å². The number of benzene rings is 1. The van der Waals surface area contributed by atoms with Crippen LogP contribution in [0.25, 0.3) is 11.0 Å². The number of esters is 1. The maximum atomic E-state index is 13.0. The third-order valence-corrected chi connectivity index (χ3v) is 5.35. The number of ether oxygens (including phenoxy) is 2. The number of hydrogen-bond acceptors (Lipinski definition) is 6. The summed E-state index contributed by atoms with van der Waals surface area (Å²) in [4.78, 5) is 37.3. The van der Waals surface area contributed by atoms with E-state index in [1.807, 2.05) is 13.8 Å². The van der Waals surface area contributed by atoms with Crippen molar-refractivity contribution in [3.05, 3.63) is 39.7 Å². The molecular weight excluding hydrogens is 410 g/mol. The molecule has 0 saturated heterocycles. The predicted octanol–water partition coefficient (Wildman–Crippen LogP) is 5.29. The van der Waals surface area contributed by atoms with Crippen molar-refractivity contribution in [2.75, 3.05) is 0 Å². The zero-order valence-electron chi connectivity index (χ0n) is 20.2. The van der Waals surface area contributed by atoms with Crippen LogP contribution in [0.15, 0.2) is 27.4 Å². The van der Waals surface area contributed by atoms with Crippen LogP contribution in [0.5, 0.6) is 5.75 Å². The number of amides is 1. The minimum atomic E-state index is -0.882. The van der Waals surface area contributed by atoms with Crippen molar-refractivity contribution < 1.29 is 23.5 Å². The van der Waals surface area contributed by atoms with Gasteiger partial charge >= 0.3 is 17.7 Å². The molecule has 0 aliphatic heterocycles. The Bertz CT molecular complexity index is 1020. The number of rotatable bonds is 8. The SMILES string of the molecule is CCCCc1cc(=O)oc2c(C)c(OC(=O)[C@@H](NC(=O)OC(C)(C)C)[C@H](C)CC)ccc12. The van der Waals surface area contributed by atoms with Crippen molar-refractivity contribution in [3.8, 4) is 5.75 Å². The molecule has 0 saturated carbocycles. The summed E-state index contributed by atoms with van der Waals surface area (Å²) in [5.41, 5.74) is 0.777. The lowest BCUT2D eigenvalue weighted by atomic mass is 9.99. The molecule has 1 heterocycles. The average molecular weight is 446 g/mol. The van der Waals surface area contributed by atoms with Gasteiger partial charge in [0.2, 0.25) is 0 Å². The van der Waals surface area contributed by atoms with Gasteiger partial charge in [0.25, 0.3) is 0 Å². The van der Waals surface area contributed by atoms with E-state index in [9.17, 15) is 14.4 Å². The Balaban J connectivity index is 2.33. The number of nitrogens with one attached hydrogen (secondary N) is 1. The van der Waals surface area contributed by atoms with Crippen molar-refractivity contribution >= 4 is 23.0 Å². The van der Waals surface area contributed by atoms with E-state index in [4.69, 9.17) is 13.9 Å². The fourth-order valence-electron chi connectivity index (χ4n) is 3.37. The Morgan fingerprint density at radius 2 is 1.88 bits per heavy atom. The fourth-order valence-corrected chi connectivity index (χ4v) is 3.37. The lowest BCUT2D eigenvalue weighted by Gasteiger charge is -2.25. The van der Waals surface area contributed by atoms with E-state index < -0.39 is 29.3 Å². The topological polar surface area (TPSA) is 94.8 Å². The predicted molar refractivity (Wildman–Crippen MR) is 124 cm³/mol. The van der Waals surface area contributed by atoms with Gasteiger partial charge in [-0.15, -0.1) is 0 Å². The first-order chi connectivity index (χ1) is 15.0. The molecule has 1 N–H and O–H groups in total. The molecule has 0 unspecified atom stereocenters. The molecule has 1 amide bonds. The molecule has 0 aliphatic rings. The van der Waals surface area contributed by atoms with E-state index in [-0.39, 0.29) is 11.7 Å². The lowest BCUT2D eigenvalue weighted by molar-refractivity contribution is -0.138. The molecule has 7 heteroatoms. The fraction of sp³-hybridized carbons (Fsp3) is 0.560. The smallest absolute Gasteiger partial charge is 0.408 e. The quantitative estimate of drug-likeness (QED) is 0.337. The Labute approximate surface area is 189 Å². The number of carbonyl (C=O) groups is 2. The first-order valence-electron chi connectivity index (χ1n) is 11.2. The first-order valence-corrected chi connectivity index (χ1v) is 11.2. The highest BCUT2D eigenvalue weighted by atomic mass is 16.6. The third-order valence-electron chi connectivity index (χ3n) is 5.35. The highest BCUT2D eigenvalue weighted by molar-refractivity contribution is 5.88. The number of unbranched alkanes of at least 4 members (excludes halogenated alkanes) is 1. The second-order valence-corrected chi connectivity index (χ2v) is 9.19. The van der Waals surface area contributed by atoms with Gasteiger partial charge in [-0.2, -0.15) is 0 Å². The molecule has 0 radical (unpaired) electrons. The van der Waals surface area contributed by atoms with E-state index in [0.717, 1.165) is 30.2 Å². The van der Waals surface area contributed by atoms with Gasteiger partial charge in [-0.05, 0) is 64.2 Å². The monoisotopic (exact) mass is 445 g/mol. The van der Waals surface area contributed by atoms with Gasteiger partial charge < -0.3 is 19.2 Å². The minimum absolute atomic E-state index is 0.172. The molecule has 32 heavy (non-hydrogen) atoms. The van der Waals surface area contributed by atoms with Gasteiger partial charge in [0, 0.05) is 17.0 Å². The van der Waals surface area contributed by atoms with Crippen molar-refractivity contribution in [2.24, 2.45) is 5.92 Å². The van der Waals surface area contributed by atoms with Gasteiger partial charge in [0.15, 0.2) is 0 Å². The largest absolute Gasteiger partial charge is 0.444 e. The van der Waals surface area contributed by atoms with Crippen LogP contribution in [0.2, 0.25) is 0 Å². The number of carbonyl (C=O) groups excluding carboxylic acids is 2. The molecule has 2 atom stereocenters. The van der Waals surface area contributed by atoms with Gasteiger partial charge in [-0.25, -0.2) is 14.4 Å². The maximum absolute atomic E-state index is 13.0. The average Bonchev–Trinajstić information content (AvgIpc) is 2.70. The van der Waals surface area contributed by atoms with Crippen molar-refractivity contribution in [3.63, 3.8) is 0 Å². The molecule has 2 rings (SSSR count). The Morgan fingerprint density at radius 1 is 1.19 bits per heavy atom. The number of hydrogen-bond donors (Lipinski definition) is 1. The van der Waals surface area contributed by atoms with Crippen LogP contribution < -0.4 is 15.7 Å². The molecule has 0 aliphatic carbocycles. The van der Waals surface area contributed by atoms with Crippen molar-refractivity contribution in [1.82, 2.24) is 5.32 Å². The Hall–Kier alpha value is -2.83. The van der Waals surface area contributed by atoms with E-state index in [0.29, 0.717) is 17.6 Å². The van der Waals surface area contributed by atoms with Crippen LogP contribution in [0.3, 0.4) is 0 Å². The molecule has 2 aromatic rings. The standard InChI is InChI=1S/C25H35NO6/c1-8-10-11-17-14-20(27)31-22-16(4)19(13-12-18(17)22)30-23(28)21(15(3)9-2)26-24(29)32-25(5,6)7/h12-15,21H,8-11H2,1-7H3,(H,26,29)/t15-,21+/m1/s1. The minimum Gasteiger partial charge on any atom is -0.444 e. The van der Waals surface area contributed by atoms with E-state index in [1.165, 1.54) is 6.07 Å². The van der Waals surface area contributed by atoms with Gasteiger partial charge in [-0.3, -0.25) is 0 Å². The summed E-state index contributed by atoms with van der Waals surface area (Å²) in [5, 5.41) is 3.47. The summed E-state index contributed by atoms with van der Waals surface area (Å²) in [6, 6.07) is 4.14. The maximum Gasteiger partial charge on any atom is 0.408 e. The molecular formula is C25H35NO6. The van der Waals surface area contributed by atoms with E-state index in [2.05, 4.69) is 12.2 Å². The molecule has 1 aromatic carbocycles. The van der Waals surface area contributed by atoms with Gasteiger partial charge in [-0.1, -0.05) is 33.6 Å². The number of alkyl carbamates (subject to hydrolysis) is 1.